The van der Waals surface area contributed by atoms with E-state index in [-0.39, 0.29) is 18.3 Å². The van der Waals surface area contributed by atoms with Gasteiger partial charge in [0, 0.05) is 0 Å². The van der Waals surface area contributed by atoms with Crippen LogP contribution in [0.2, 0.25) is 0 Å². The molecular formula is C29H30N2O6S. The summed E-state index contributed by atoms with van der Waals surface area (Å²) in [7, 11) is -3.72. The quantitative estimate of drug-likeness (QED) is 0.251. The van der Waals surface area contributed by atoms with Gasteiger partial charge in [0.25, 0.3) is 11.8 Å². The molecule has 0 aliphatic heterocycles. The number of sulfone groups is 1. The van der Waals surface area contributed by atoms with Crippen molar-refractivity contribution in [3.63, 3.8) is 0 Å². The second kappa shape index (κ2) is 12.6. The van der Waals surface area contributed by atoms with Crippen molar-refractivity contribution >= 4 is 32.6 Å². The molecule has 4 rings (SSSR count). The summed E-state index contributed by atoms with van der Waals surface area (Å²) in [5.41, 5.74) is 2.41. The zero-order chi connectivity index (χ0) is 27.0. The number of aromatic nitrogens is 1. The first kappa shape index (κ1) is 27.2. The van der Waals surface area contributed by atoms with Crippen LogP contribution in [-0.2, 0) is 31.7 Å². The van der Waals surface area contributed by atoms with Crippen molar-refractivity contribution in [3.8, 4) is 0 Å². The lowest BCUT2D eigenvalue weighted by Crippen LogP contribution is -2.48. The number of rotatable bonds is 13. The van der Waals surface area contributed by atoms with Crippen LogP contribution in [0.15, 0.2) is 89.3 Å². The van der Waals surface area contributed by atoms with E-state index < -0.39 is 39.4 Å². The van der Waals surface area contributed by atoms with Gasteiger partial charge in [0.1, 0.15) is 5.52 Å². The Morgan fingerprint density at radius 1 is 0.921 bits per heavy atom. The van der Waals surface area contributed by atoms with E-state index in [0.29, 0.717) is 29.5 Å². The number of oxazole rings is 1. The molecule has 38 heavy (non-hydrogen) atoms. The van der Waals surface area contributed by atoms with Gasteiger partial charge in [-0.3, -0.25) is 9.59 Å². The van der Waals surface area contributed by atoms with Crippen LogP contribution < -0.4 is 5.32 Å². The molecule has 3 aromatic carbocycles. The Morgan fingerprint density at radius 3 is 2.21 bits per heavy atom. The van der Waals surface area contributed by atoms with Crippen LogP contribution in [0, 0.1) is 0 Å². The maximum absolute atomic E-state index is 13.4. The summed E-state index contributed by atoms with van der Waals surface area (Å²) in [6.45, 7) is 1.92. The van der Waals surface area contributed by atoms with Crippen LogP contribution >= 0.6 is 0 Å². The summed E-state index contributed by atoms with van der Waals surface area (Å²) < 4.78 is 37.5. The number of carbonyl (C=O) groups is 2. The molecule has 0 saturated heterocycles. The number of hydrogen-bond acceptors (Lipinski definition) is 7. The average molecular weight is 535 g/mol. The maximum Gasteiger partial charge on any atom is 0.266 e. The van der Waals surface area contributed by atoms with Gasteiger partial charge in [0.2, 0.25) is 5.78 Å². The normalized spacial score (nSPS) is 13.2. The van der Waals surface area contributed by atoms with E-state index >= 15 is 0 Å². The SMILES string of the molecule is CCC[C@H](NC(=O)[C@H](CS(=O)(=O)Cc1ccccc1)OCc1ccccc1)C(=O)c1nc2ccccc2o1. The number of hydrogen-bond donors (Lipinski definition) is 1. The first-order valence-electron chi connectivity index (χ1n) is 12.4. The van der Waals surface area contributed by atoms with Crippen LogP contribution in [0.25, 0.3) is 11.1 Å². The molecule has 2 atom stereocenters. The third-order valence-corrected chi connectivity index (χ3v) is 7.52. The molecule has 9 heteroatoms. The lowest BCUT2D eigenvalue weighted by Gasteiger charge is -2.21. The van der Waals surface area contributed by atoms with Gasteiger partial charge in [0.05, 0.1) is 24.2 Å². The van der Waals surface area contributed by atoms with Gasteiger partial charge in [-0.05, 0) is 29.7 Å². The molecule has 0 aliphatic carbocycles. The Balaban J connectivity index is 1.52. The summed E-state index contributed by atoms with van der Waals surface area (Å²) >= 11 is 0. The Labute approximate surface area is 222 Å². The molecule has 1 heterocycles. The number of benzene rings is 3. The van der Waals surface area contributed by atoms with E-state index in [1.165, 1.54) is 0 Å². The minimum absolute atomic E-state index is 0.0390. The number of nitrogens with zero attached hydrogens (tertiary/aromatic N) is 1. The minimum Gasteiger partial charge on any atom is -0.434 e. The zero-order valence-corrected chi connectivity index (χ0v) is 21.9. The maximum atomic E-state index is 13.4. The third-order valence-electron chi connectivity index (χ3n) is 5.94. The Bertz CT molecular complexity index is 1440. The van der Waals surface area contributed by atoms with E-state index in [4.69, 9.17) is 9.15 Å². The van der Waals surface area contributed by atoms with Gasteiger partial charge in [-0.15, -0.1) is 0 Å². The molecule has 1 amide bonds. The number of fused-ring (bicyclic) bond motifs is 1. The Morgan fingerprint density at radius 2 is 1.55 bits per heavy atom. The van der Waals surface area contributed by atoms with E-state index in [1.807, 2.05) is 37.3 Å². The van der Waals surface area contributed by atoms with Gasteiger partial charge in [-0.2, -0.15) is 0 Å². The highest BCUT2D eigenvalue weighted by Crippen LogP contribution is 2.18. The van der Waals surface area contributed by atoms with Gasteiger partial charge >= 0.3 is 0 Å². The molecule has 0 saturated carbocycles. The molecule has 0 spiro atoms. The van der Waals surface area contributed by atoms with Crippen molar-refractivity contribution in [2.45, 2.75) is 44.3 Å². The molecule has 0 bridgehead atoms. The number of Topliss-reactive ketones (excluding diaryl/α,β-unsaturated/α-hetero) is 1. The number of amides is 1. The van der Waals surface area contributed by atoms with Crippen molar-refractivity contribution in [1.82, 2.24) is 10.3 Å². The molecule has 198 valence electrons. The number of carbonyl (C=O) groups excluding carboxylic acids is 2. The molecular weight excluding hydrogens is 504 g/mol. The van der Waals surface area contributed by atoms with Crippen molar-refractivity contribution in [2.24, 2.45) is 0 Å². The lowest BCUT2D eigenvalue weighted by molar-refractivity contribution is -0.132. The smallest absolute Gasteiger partial charge is 0.266 e. The monoisotopic (exact) mass is 534 g/mol. The largest absolute Gasteiger partial charge is 0.434 e. The highest BCUT2D eigenvalue weighted by Gasteiger charge is 2.32. The zero-order valence-electron chi connectivity index (χ0n) is 21.1. The second-order valence-corrected chi connectivity index (χ2v) is 11.1. The van der Waals surface area contributed by atoms with Gasteiger partial charge in [-0.1, -0.05) is 86.1 Å². The molecule has 4 aromatic rings. The predicted molar refractivity (Wildman–Crippen MR) is 144 cm³/mol. The highest BCUT2D eigenvalue weighted by molar-refractivity contribution is 7.90. The number of ether oxygens (including phenoxy) is 1. The number of nitrogens with one attached hydrogen (secondary N) is 1. The summed E-state index contributed by atoms with van der Waals surface area (Å²) in [5, 5.41) is 2.71. The molecule has 0 aliphatic rings. The van der Waals surface area contributed by atoms with E-state index in [9.17, 15) is 18.0 Å². The molecule has 0 unspecified atom stereocenters. The first-order valence-corrected chi connectivity index (χ1v) is 14.3. The fourth-order valence-electron chi connectivity index (χ4n) is 4.04. The topological polar surface area (TPSA) is 116 Å². The average Bonchev–Trinajstić information content (AvgIpc) is 3.35. The van der Waals surface area contributed by atoms with Crippen molar-refractivity contribution < 1.29 is 27.2 Å². The van der Waals surface area contributed by atoms with E-state index in [1.54, 1.807) is 54.6 Å². The van der Waals surface area contributed by atoms with Gasteiger partial charge in [-0.25, -0.2) is 13.4 Å². The summed E-state index contributed by atoms with van der Waals surface area (Å²) in [5.74, 6) is -2.03. The number of para-hydroxylation sites is 2. The standard InChI is InChI=1S/C29H30N2O6S/c1-2-11-24(27(32)29-31-23-16-9-10-17-25(23)37-29)30-28(33)26(36-18-21-12-5-3-6-13-21)20-38(34,35)19-22-14-7-4-8-15-22/h3-10,12-17,24,26H,2,11,18-20H2,1H3,(H,30,33)/t24-,26-/m0/s1. The summed E-state index contributed by atoms with van der Waals surface area (Å²) in [4.78, 5) is 30.9. The summed E-state index contributed by atoms with van der Waals surface area (Å²) in [6.07, 6.45) is -0.399. The fraction of sp³-hybridized carbons (Fsp3) is 0.276. The van der Waals surface area contributed by atoms with Crippen LogP contribution in [0.5, 0.6) is 0 Å². The third kappa shape index (κ3) is 7.36. The van der Waals surface area contributed by atoms with Crippen molar-refractivity contribution in [1.29, 1.82) is 0 Å². The lowest BCUT2D eigenvalue weighted by atomic mass is 10.1. The van der Waals surface area contributed by atoms with Crippen LogP contribution in [0.3, 0.4) is 0 Å². The van der Waals surface area contributed by atoms with Crippen LogP contribution in [0.1, 0.15) is 41.6 Å². The Hall–Kier alpha value is -3.82. The summed E-state index contributed by atoms with van der Waals surface area (Å²) in [6, 6.07) is 24.0. The Kier molecular flexibility index (Phi) is 9.04. The van der Waals surface area contributed by atoms with Gasteiger partial charge in [0.15, 0.2) is 21.5 Å². The highest BCUT2D eigenvalue weighted by atomic mass is 32.2. The van der Waals surface area contributed by atoms with E-state index in [0.717, 1.165) is 5.56 Å². The van der Waals surface area contributed by atoms with Crippen LogP contribution in [-0.4, -0.2) is 43.0 Å². The first-order chi connectivity index (χ1) is 18.3. The van der Waals surface area contributed by atoms with Gasteiger partial charge < -0.3 is 14.5 Å². The molecule has 0 radical (unpaired) electrons. The fourth-order valence-corrected chi connectivity index (χ4v) is 5.56. The molecule has 1 aromatic heterocycles. The second-order valence-electron chi connectivity index (χ2n) is 9.03. The van der Waals surface area contributed by atoms with Crippen molar-refractivity contribution in [3.05, 3.63) is 102 Å². The molecule has 0 fully saturated rings. The molecule has 1 N–H and O–H groups in total. The predicted octanol–water partition coefficient (Wildman–Crippen LogP) is 4.50. The minimum atomic E-state index is -3.72. The molecule has 8 nitrogen and oxygen atoms in total. The van der Waals surface area contributed by atoms with Crippen LogP contribution in [0.4, 0.5) is 0 Å². The van der Waals surface area contributed by atoms with E-state index in [2.05, 4.69) is 10.3 Å². The van der Waals surface area contributed by atoms with Crippen molar-refractivity contribution in [2.75, 3.05) is 5.75 Å². The number of ketones is 1.